The summed E-state index contributed by atoms with van der Waals surface area (Å²) >= 11 is 0. The second kappa shape index (κ2) is 6.80. The highest BCUT2D eigenvalue weighted by Gasteiger charge is 2.35. The number of carbonyl (C=O) groups excluding carboxylic acids is 3. The van der Waals surface area contributed by atoms with Crippen LogP contribution in [0.15, 0.2) is 36.4 Å². The summed E-state index contributed by atoms with van der Waals surface area (Å²) in [5.74, 6) is -0.411. The predicted molar refractivity (Wildman–Crippen MR) is 104 cm³/mol. The van der Waals surface area contributed by atoms with Gasteiger partial charge in [0.2, 0.25) is 5.91 Å². The average molecular weight is 364 g/mol. The minimum absolute atomic E-state index is 0.118. The molecule has 1 aliphatic carbocycles. The molecule has 0 N–H and O–H groups in total. The summed E-state index contributed by atoms with van der Waals surface area (Å²) in [6, 6.07) is 11.6. The smallest absolute Gasteiger partial charge is 0.261 e. The van der Waals surface area contributed by atoms with Gasteiger partial charge in [0, 0.05) is 41.6 Å². The average Bonchev–Trinajstić information content (AvgIpc) is 3.47. The SMILES string of the molecule is CC(C)N(C(=O)CCCN1C(=O)c2cccc3cccc(c23)C1=O)C1CC1. The number of nitrogens with zero attached hydrogens (tertiary/aromatic N) is 2. The van der Waals surface area contributed by atoms with Crippen LogP contribution in [0.2, 0.25) is 0 Å². The number of hydrogen-bond acceptors (Lipinski definition) is 3. The van der Waals surface area contributed by atoms with Gasteiger partial charge in [-0.15, -0.1) is 0 Å². The fourth-order valence-corrected chi connectivity index (χ4v) is 4.07. The largest absolute Gasteiger partial charge is 0.337 e. The van der Waals surface area contributed by atoms with Gasteiger partial charge in [-0.1, -0.05) is 24.3 Å². The molecule has 0 saturated heterocycles. The van der Waals surface area contributed by atoms with Crippen LogP contribution in [0, 0.1) is 0 Å². The Kier molecular flexibility index (Phi) is 4.46. The summed E-state index contributed by atoms with van der Waals surface area (Å²) in [4.78, 5) is 41.5. The van der Waals surface area contributed by atoms with Crippen LogP contribution in [-0.2, 0) is 4.79 Å². The van der Waals surface area contributed by atoms with Gasteiger partial charge in [0.15, 0.2) is 0 Å². The summed E-state index contributed by atoms with van der Waals surface area (Å²) in [7, 11) is 0. The Morgan fingerprint density at radius 3 is 2.19 bits per heavy atom. The molecule has 27 heavy (non-hydrogen) atoms. The van der Waals surface area contributed by atoms with Crippen molar-refractivity contribution >= 4 is 28.5 Å². The summed E-state index contributed by atoms with van der Waals surface area (Å²) in [5, 5.41) is 1.64. The van der Waals surface area contributed by atoms with Crippen LogP contribution < -0.4 is 0 Å². The Morgan fingerprint density at radius 1 is 1.07 bits per heavy atom. The summed E-state index contributed by atoms with van der Waals surface area (Å²) < 4.78 is 0. The molecule has 5 heteroatoms. The molecule has 0 spiro atoms. The maximum absolute atomic E-state index is 12.9. The van der Waals surface area contributed by atoms with E-state index < -0.39 is 0 Å². The van der Waals surface area contributed by atoms with E-state index in [0.717, 1.165) is 23.6 Å². The molecular weight excluding hydrogens is 340 g/mol. The number of benzene rings is 2. The zero-order valence-electron chi connectivity index (χ0n) is 15.8. The van der Waals surface area contributed by atoms with Crippen LogP contribution in [0.3, 0.4) is 0 Å². The first-order valence-corrected chi connectivity index (χ1v) is 9.68. The van der Waals surface area contributed by atoms with Crippen LogP contribution >= 0.6 is 0 Å². The van der Waals surface area contributed by atoms with Crippen molar-refractivity contribution in [2.45, 2.75) is 51.6 Å². The van der Waals surface area contributed by atoms with Crippen LogP contribution in [0.1, 0.15) is 60.2 Å². The van der Waals surface area contributed by atoms with Crippen molar-refractivity contribution in [2.24, 2.45) is 0 Å². The van der Waals surface area contributed by atoms with Gasteiger partial charge < -0.3 is 4.90 Å². The third-order valence-corrected chi connectivity index (χ3v) is 5.41. The predicted octanol–water partition coefficient (Wildman–Crippen LogP) is 3.62. The van der Waals surface area contributed by atoms with Crippen molar-refractivity contribution < 1.29 is 14.4 Å². The van der Waals surface area contributed by atoms with E-state index in [9.17, 15) is 14.4 Å². The van der Waals surface area contributed by atoms with Gasteiger partial charge in [0.1, 0.15) is 0 Å². The minimum atomic E-state index is -0.264. The molecule has 0 aromatic heterocycles. The van der Waals surface area contributed by atoms with Crippen molar-refractivity contribution in [1.29, 1.82) is 0 Å². The molecule has 0 radical (unpaired) electrons. The first-order valence-electron chi connectivity index (χ1n) is 9.68. The molecule has 2 aliphatic rings. The molecule has 0 bridgehead atoms. The van der Waals surface area contributed by atoms with Crippen LogP contribution in [0.25, 0.3) is 10.8 Å². The molecule has 2 aromatic carbocycles. The molecule has 4 rings (SSSR count). The van der Waals surface area contributed by atoms with E-state index in [-0.39, 0.29) is 30.3 Å². The van der Waals surface area contributed by atoms with Gasteiger partial charge in [0.25, 0.3) is 11.8 Å². The quantitative estimate of drug-likeness (QED) is 0.736. The van der Waals surface area contributed by atoms with Crippen molar-refractivity contribution in [1.82, 2.24) is 9.80 Å². The highest BCUT2D eigenvalue weighted by Crippen LogP contribution is 2.31. The Balaban J connectivity index is 1.48. The van der Waals surface area contributed by atoms with Crippen molar-refractivity contribution in [3.63, 3.8) is 0 Å². The van der Waals surface area contributed by atoms with E-state index in [2.05, 4.69) is 0 Å². The number of amides is 3. The fraction of sp³-hybridized carbons (Fsp3) is 0.409. The topological polar surface area (TPSA) is 57.7 Å². The number of hydrogen-bond donors (Lipinski definition) is 0. The lowest BCUT2D eigenvalue weighted by molar-refractivity contribution is -0.133. The molecule has 3 amide bonds. The Bertz CT molecular complexity index is 878. The van der Waals surface area contributed by atoms with E-state index in [4.69, 9.17) is 0 Å². The lowest BCUT2D eigenvalue weighted by atomic mass is 9.94. The molecule has 1 heterocycles. The van der Waals surface area contributed by atoms with E-state index in [1.54, 1.807) is 12.1 Å². The molecule has 1 fully saturated rings. The second-order valence-electron chi connectivity index (χ2n) is 7.70. The number of carbonyl (C=O) groups is 3. The van der Waals surface area contributed by atoms with Gasteiger partial charge >= 0.3 is 0 Å². The Hall–Kier alpha value is -2.69. The molecular formula is C22H24N2O3. The summed E-state index contributed by atoms with van der Waals surface area (Å²) in [6.07, 6.45) is 3.00. The van der Waals surface area contributed by atoms with Gasteiger partial charge in [-0.05, 0) is 50.6 Å². The van der Waals surface area contributed by atoms with Gasteiger partial charge in [0.05, 0.1) is 0 Å². The fourth-order valence-electron chi connectivity index (χ4n) is 4.07. The molecule has 0 unspecified atom stereocenters. The third-order valence-electron chi connectivity index (χ3n) is 5.41. The van der Waals surface area contributed by atoms with Crippen molar-refractivity contribution in [2.75, 3.05) is 6.54 Å². The van der Waals surface area contributed by atoms with Gasteiger partial charge in [-0.25, -0.2) is 0 Å². The number of rotatable bonds is 6. The maximum atomic E-state index is 12.9. The first kappa shape index (κ1) is 17.7. The summed E-state index contributed by atoms with van der Waals surface area (Å²) in [6.45, 7) is 4.34. The highest BCUT2D eigenvalue weighted by atomic mass is 16.2. The van der Waals surface area contributed by atoms with Crippen molar-refractivity contribution in [3.05, 3.63) is 47.5 Å². The standard InChI is InChI=1S/C22H24N2O3/c1-14(2)24(16-11-12-16)19(25)10-5-13-23-21(26)17-8-3-6-15-7-4-9-18(20(15)17)22(23)27/h3-4,6-9,14,16H,5,10-13H2,1-2H3. The van der Waals surface area contributed by atoms with Crippen LogP contribution in [-0.4, -0.2) is 46.1 Å². The van der Waals surface area contributed by atoms with E-state index in [1.165, 1.54) is 4.90 Å². The van der Waals surface area contributed by atoms with E-state index >= 15 is 0 Å². The third kappa shape index (κ3) is 3.11. The minimum Gasteiger partial charge on any atom is -0.337 e. The lowest BCUT2D eigenvalue weighted by Crippen LogP contribution is -2.42. The lowest BCUT2D eigenvalue weighted by Gasteiger charge is -2.29. The van der Waals surface area contributed by atoms with Crippen LogP contribution in [0.5, 0.6) is 0 Å². The first-order chi connectivity index (χ1) is 13.0. The zero-order chi connectivity index (χ0) is 19.1. The van der Waals surface area contributed by atoms with E-state index in [0.29, 0.717) is 30.0 Å². The van der Waals surface area contributed by atoms with Crippen LogP contribution in [0.4, 0.5) is 0 Å². The monoisotopic (exact) mass is 364 g/mol. The summed E-state index contributed by atoms with van der Waals surface area (Å²) in [5.41, 5.74) is 1.13. The second-order valence-corrected chi connectivity index (χ2v) is 7.70. The molecule has 2 aromatic rings. The molecule has 5 nitrogen and oxygen atoms in total. The highest BCUT2D eigenvalue weighted by molar-refractivity contribution is 6.25. The Labute approximate surface area is 158 Å². The van der Waals surface area contributed by atoms with Gasteiger partial charge in [-0.3, -0.25) is 19.3 Å². The maximum Gasteiger partial charge on any atom is 0.261 e. The Morgan fingerprint density at radius 2 is 1.67 bits per heavy atom. The van der Waals surface area contributed by atoms with Gasteiger partial charge in [-0.2, -0.15) is 0 Å². The molecule has 1 aliphatic heterocycles. The van der Waals surface area contributed by atoms with Crippen molar-refractivity contribution in [3.8, 4) is 0 Å². The zero-order valence-corrected chi connectivity index (χ0v) is 15.8. The normalized spacial score (nSPS) is 16.3. The molecule has 140 valence electrons. The number of imide groups is 1. The molecule has 1 saturated carbocycles. The molecule has 0 atom stereocenters. The van der Waals surface area contributed by atoms with E-state index in [1.807, 2.05) is 43.0 Å².